The van der Waals surface area contributed by atoms with Crippen molar-refractivity contribution in [1.29, 1.82) is 0 Å². The van der Waals surface area contributed by atoms with Crippen molar-refractivity contribution in [3.63, 3.8) is 0 Å². The van der Waals surface area contributed by atoms with Gasteiger partial charge >= 0.3 is 0 Å². The Morgan fingerprint density at radius 1 is 1.11 bits per heavy atom. The standard InChI is InChI=1S/C16H15NO2/c1-11-16(18)17-14-10-13(7-8-15(14)19-11)9-12-5-3-2-4-6-12/h2-8,10-11H,9H2,1H3,(H,17,18). The first kappa shape index (κ1) is 11.8. The molecule has 1 N–H and O–H groups in total. The van der Waals surface area contributed by atoms with Crippen LogP contribution in [0.4, 0.5) is 5.69 Å². The minimum absolute atomic E-state index is 0.0932. The molecule has 3 heteroatoms. The van der Waals surface area contributed by atoms with Gasteiger partial charge in [-0.25, -0.2) is 0 Å². The molecule has 0 saturated carbocycles. The molecule has 3 rings (SSSR count). The van der Waals surface area contributed by atoms with Gasteiger partial charge in [0.05, 0.1) is 5.69 Å². The summed E-state index contributed by atoms with van der Waals surface area (Å²) in [4.78, 5) is 11.6. The predicted molar refractivity (Wildman–Crippen MR) is 74.4 cm³/mol. The van der Waals surface area contributed by atoms with Crippen LogP contribution in [0.2, 0.25) is 0 Å². The van der Waals surface area contributed by atoms with Crippen LogP contribution in [0.5, 0.6) is 5.75 Å². The SMILES string of the molecule is CC1Oc2ccc(Cc3ccccc3)cc2NC1=O. The fourth-order valence-corrected chi connectivity index (χ4v) is 2.20. The van der Waals surface area contributed by atoms with Crippen LogP contribution in [0, 0.1) is 0 Å². The van der Waals surface area contributed by atoms with E-state index in [1.807, 2.05) is 36.4 Å². The Morgan fingerprint density at radius 3 is 2.68 bits per heavy atom. The number of nitrogens with one attached hydrogen (secondary N) is 1. The second-order valence-electron chi connectivity index (χ2n) is 4.74. The molecule has 1 unspecified atom stereocenters. The highest BCUT2D eigenvalue weighted by atomic mass is 16.5. The molecule has 1 heterocycles. The summed E-state index contributed by atoms with van der Waals surface area (Å²) in [6.07, 6.45) is 0.423. The van der Waals surface area contributed by atoms with Crippen LogP contribution in [-0.4, -0.2) is 12.0 Å². The maximum Gasteiger partial charge on any atom is 0.265 e. The lowest BCUT2D eigenvalue weighted by Crippen LogP contribution is -2.34. The topological polar surface area (TPSA) is 38.3 Å². The molecule has 2 aromatic carbocycles. The van der Waals surface area contributed by atoms with Crippen molar-refractivity contribution in [2.75, 3.05) is 5.32 Å². The molecule has 2 aromatic rings. The zero-order valence-corrected chi connectivity index (χ0v) is 10.7. The van der Waals surface area contributed by atoms with Crippen molar-refractivity contribution in [1.82, 2.24) is 0 Å². The zero-order chi connectivity index (χ0) is 13.2. The third kappa shape index (κ3) is 2.45. The number of rotatable bonds is 2. The summed E-state index contributed by atoms with van der Waals surface area (Å²) in [6.45, 7) is 1.75. The monoisotopic (exact) mass is 253 g/mol. The number of hydrogen-bond donors (Lipinski definition) is 1. The number of carbonyl (C=O) groups excluding carboxylic acids is 1. The maximum absolute atomic E-state index is 11.6. The van der Waals surface area contributed by atoms with Crippen LogP contribution >= 0.6 is 0 Å². The number of fused-ring (bicyclic) bond motifs is 1. The van der Waals surface area contributed by atoms with E-state index in [9.17, 15) is 4.79 Å². The van der Waals surface area contributed by atoms with E-state index in [0.29, 0.717) is 0 Å². The van der Waals surface area contributed by atoms with Crippen LogP contribution in [-0.2, 0) is 11.2 Å². The largest absolute Gasteiger partial charge is 0.479 e. The van der Waals surface area contributed by atoms with E-state index in [-0.39, 0.29) is 5.91 Å². The van der Waals surface area contributed by atoms with Crippen molar-refractivity contribution in [2.24, 2.45) is 0 Å². The minimum Gasteiger partial charge on any atom is -0.479 e. The summed E-state index contributed by atoms with van der Waals surface area (Å²) in [5.74, 6) is 0.647. The highest BCUT2D eigenvalue weighted by Crippen LogP contribution is 2.31. The quantitative estimate of drug-likeness (QED) is 0.893. The molecule has 1 aliphatic rings. The van der Waals surface area contributed by atoms with Crippen molar-refractivity contribution < 1.29 is 9.53 Å². The van der Waals surface area contributed by atoms with Crippen LogP contribution in [0.1, 0.15) is 18.1 Å². The Kier molecular flexibility index (Phi) is 2.95. The van der Waals surface area contributed by atoms with Crippen LogP contribution in [0.15, 0.2) is 48.5 Å². The highest BCUT2D eigenvalue weighted by Gasteiger charge is 2.23. The molecule has 0 aliphatic carbocycles. The van der Waals surface area contributed by atoms with Crippen LogP contribution in [0.25, 0.3) is 0 Å². The normalized spacial score (nSPS) is 17.3. The minimum atomic E-state index is -0.424. The number of ether oxygens (including phenoxy) is 1. The van der Waals surface area contributed by atoms with E-state index < -0.39 is 6.10 Å². The van der Waals surface area contributed by atoms with Gasteiger partial charge in [0, 0.05) is 0 Å². The van der Waals surface area contributed by atoms with Crippen molar-refractivity contribution in [3.05, 3.63) is 59.7 Å². The third-order valence-corrected chi connectivity index (χ3v) is 3.23. The second-order valence-corrected chi connectivity index (χ2v) is 4.74. The van der Waals surface area contributed by atoms with Gasteiger partial charge in [-0.15, -0.1) is 0 Å². The molecular weight excluding hydrogens is 238 g/mol. The molecule has 3 nitrogen and oxygen atoms in total. The van der Waals surface area contributed by atoms with E-state index >= 15 is 0 Å². The van der Waals surface area contributed by atoms with Crippen LogP contribution in [0.3, 0.4) is 0 Å². The molecule has 0 aromatic heterocycles. The molecule has 0 spiro atoms. The molecule has 19 heavy (non-hydrogen) atoms. The Balaban J connectivity index is 1.86. The summed E-state index contributed by atoms with van der Waals surface area (Å²) in [6, 6.07) is 16.2. The lowest BCUT2D eigenvalue weighted by atomic mass is 10.0. The Hall–Kier alpha value is -2.29. The van der Waals surface area contributed by atoms with Crippen molar-refractivity contribution >= 4 is 11.6 Å². The molecule has 0 fully saturated rings. The van der Waals surface area contributed by atoms with Crippen molar-refractivity contribution in [3.8, 4) is 5.75 Å². The lowest BCUT2D eigenvalue weighted by molar-refractivity contribution is -0.122. The molecule has 1 atom stereocenters. The fourth-order valence-electron chi connectivity index (χ4n) is 2.20. The lowest BCUT2D eigenvalue weighted by Gasteiger charge is -2.23. The third-order valence-electron chi connectivity index (χ3n) is 3.23. The summed E-state index contributed by atoms with van der Waals surface area (Å²) in [7, 11) is 0. The van der Waals surface area contributed by atoms with Crippen molar-refractivity contribution in [2.45, 2.75) is 19.4 Å². The molecule has 96 valence electrons. The first-order valence-corrected chi connectivity index (χ1v) is 6.37. The number of carbonyl (C=O) groups is 1. The highest BCUT2D eigenvalue weighted by molar-refractivity contribution is 5.97. The Morgan fingerprint density at radius 2 is 1.89 bits per heavy atom. The number of benzene rings is 2. The average Bonchev–Trinajstić information content (AvgIpc) is 2.42. The average molecular weight is 253 g/mol. The molecule has 0 bridgehead atoms. The smallest absolute Gasteiger partial charge is 0.265 e. The van der Waals surface area contributed by atoms with E-state index in [1.165, 1.54) is 5.56 Å². The van der Waals surface area contributed by atoms with E-state index in [2.05, 4.69) is 17.4 Å². The van der Waals surface area contributed by atoms with Gasteiger partial charge < -0.3 is 10.1 Å². The predicted octanol–water partition coefficient (Wildman–Crippen LogP) is 3.00. The number of anilines is 1. The van der Waals surface area contributed by atoms with Gasteiger partial charge in [-0.05, 0) is 36.6 Å². The van der Waals surface area contributed by atoms with Gasteiger partial charge in [-0.1, -0.05) is 36.4 Å². The van der Waals surface area contributed by atoms with Crippen LogP contribution < -0.4 is 10.1 Å². The van der Waals surface area contributed by atoms with Gasteiger partial charge in [-0.3, -0.25) is 4.79 Å². The number of amides is 1. The zero-order valence-electron chi connectivity index (χ0n) is 10.7. The van der Waals surface area contributed by atoms with Gasteiger partial charge in [0.15, 0.2) is 6.10 Å². The van der Waals surface area contributed by atoms with E-state index in [0.717, 1.165) is 23.4 Å². The second kappa shape index (κ2) is 4.76. The fraction of sp³-hybridized carbons (Fsp3) is 0.188. The first-order valence-electron chi connectivity index (χ1n) is 6.37. The molecular formula is C16H15NO2. The number of hydrogen-bond acceptors (Lipinski definition) is 2. The molecule has 0 radical (unpaired) electrons. The maximum atomic E-state index is 11.6. The van der Waals surface area contributed by atoms with Gasteiger partial charge in [0.1, 0.15) is 5.75 Å². The van der Waals surface area contributed by atoms with E-state index in [4.69, 9.17) is 4.74 Å². The molecule has 1 amide bonds. The summed E-state index contributed by atoms with van der Waals surface area (Å²) in [5.41, 5.74) is 3.17. The van der Waals surface area contributed by atoms with E-state index in [1.54, 1.807) is 6.92 Å². The first-order chi connectivity index (χ1) is 9.22. The van der Waals surface area contributed by atoms with Gasteiger partial charge in [0.2, 0.25) is 0 Å². The molecule has 1 aliphatic heterocycles. The summed E-state index contributed by atoms with van der Waals surface area (Å²) in [5, 5.41) is 2.87. The molecule has 0 saturated heterocycles. The van der Waals surface area contributed by atoms with Gasteiger partial charge in [-0.2, -0.15) is 0 Å². The van der Waals surface area contributed by atoms with Gasteiger partial charge in [0.25, 0.3) is 5.91 Å². The Bertz CT molecular complexity index is 607. The Labute approximate surface area is 112 Å². The summed E-state index contributed by atoms with van der Waals surface area (Å²) < 4.78 is 5.54. The summed E-state index contributed by atoms with van der Waals surface area (Å²) >= 11 is 0.